The molecule has 0 saturated carbocycles. The summed E-state index contributed by atoms with van der Waals surface area (Å²) < 4.78 is 32.5. The van der Waals surface area contributed by atoms with Crippen LogP contribution in [-0.4, -0.2) is 26.4 Å². The Hall–Kier alpha value is -2.62. The number of aryl methyl sites for hydroxylation is 1. The van der Waals surface area contributed by atoms with Gasteiger partial charge in [-0.2, -0.15) is 0 Å². The smallest absolute Gasteiger partial charge is 0.267 e. The number of amides is 1. The first-order valence-electron chi connectivity index (χ1n) is 8.00. The highest BCUT2D eigenvalue weighted by Gasteiger charge is 2.21. The van der Waals surface area contributed by atoms with Crippen molar-refractivity contribution in [2.75, 3.05) is 17.1 Å². The maximum absolute atomic E-state index is 12.6. The Kier molecular flexibility index (Phi) is 5.87. The molecule has 0 atom stereocenters. The lowest BCUT2D eigenvalue weighted by Gasteiger charge is -2.08. The van der Waals surface area contributed by atoms with Gasteiger partial charge < -0.3 is 10.1 Å². The fraction of sp³-hybridized carbons (Fsp3) is 0.111. The number of aromatic nitrogens is 1. The van der Waals surface area contributed by atoms with Crippen molar-refractivity contribution < 1.29 is 17.9 Å². The molecule has 1 amide bonds. The number of sulfonamides is 1. The number of hydrogen-bond donors (Lipinski definition) is 2. The number of benzene rings is 2. The van der Waals surface area contributed by atoms with E-state index >= 15 is 0 Å². The molecule has 7 nitrogen and oxygen atoms in total. The lowest BCUT2D eigenvalue weighted by molar-refractivity contribution is 0.102. The van der Waals surface area contributed by atoms with Crippen molar-refractivity contribution in [3.05, 3.63) is 64.1 Å². The Morgan fingerprint density at radius 1 is 1.14 bits per heavy atom. The molecular formula is C18H16ClN3O4S2. The third-order valence-corrected chi connectivity index (χ3v) is 6.51. The van der Waals surface area contributed by atoms with Gasteiger partial charge in [0.15, 0.2) is 5.13 Å². The summed E-state index contributed by atoms with van der Waals surface area (Å²) in [6.07, 6.45) is 0. The quantitative estimate of drug-likeness (QED) is 0.603. The third kappa shape index (κ3) is 4.44. The standard InChI is InChI=1S/C18H16ClN3O4S2/c1-11-16(17(23)21-14-5-3-4-6-15(14)26-2)27-18(20-11)22-28(24,25)13-9-7-12(19)8-10-13/h3-10H,1-2H3,(H,20,22)(H,21,23). The van der Waals surface area contributed by atoms with E-state index in [0.29, 0.717) is 27.0 Å². The molecule has 0 aliphatic rings. The van der Waals surface area contributed by atoms with Crippen LogP contribution in [0.4, 0.5) is 10.8 Å². The molecule has 0 saturated heterocycles. The predicted octanol–water partition coefficient (Wildman–Crippen LogP) is 4.17. The molecule has 0 aliphatic carbocycles. The summed E-state index contributed by atoms with van der Waals surface area (Å²) in [6.45, 7) is 1.63. The van der Waals surface area contributed by atoms with Crippen molar-refractivity contribution in [1.29, 1.82) is 0 Å². The van der Waals surface area contributed by atoms with E-state index in [1.54, 1.807) is 31.2 Å². The predicted molar refractivity (Wildman–Crippen MR) is 110 cm³/mol. The van der Waals surface area contributed by atoms with Crippen LogP contribution >= 0.6 is 22.9 Å². The molecular weight excluding hydrogens is 422 g/mol. The minimum Gasteiger partial charge on any atom is -0.495 e. The van der Waals surface area contributed by atoms with Gasteiger partial charge in [-0.1, -0.05) is 35.1 Å². The van der Waals surface area contributed by atoms with Gasteiger partial charge >= 0.3 is 0 Å². The van der Waals surface area contributed by atoms with Crippen LogP contribution < -0.4 is 14.8 Å². The highest BCUT2D eigenvalue weighted by atomic mass is 35.5. The minimum absolute atomic E-state index is 0.0461. The van der Waals surface area contributed by atoms with E-state index in [-0.39, 0.29) is 10.0 Å². The van der Waals surface area contributed by atoms with Crippen LogP contribution in [0, 0.1) is 6.92 Å². The topological polar surface area (TPSA) is 97.4 Å². The summed E-state index contributed by atoms with van der Waals surface area (Å²) in [5.74, 6) is 0.109. The van der Waals surface area contributed by atoms with E-state index in [4.69, 9.17) is 16.3 Å². The van der Waals surface area contributed by atoms with Crippen LogP contribution in [0.2, 0.25) is 5.02 Å². The van der Waals surface area contributed by atoms with Crippen molar-refractivity contribution >= 4 is 49.7 Å². The van der Waals surface area contributed by atoms with Gasteiger partial charge in [0.25, 0.3) is 15.9 Å². The monoisotopic (exact) mass is 437 g/mol. The fourth-order valence-corrected chi connectivity index (χ4v) is 4.59. The number of methoxy groups -OCH3 is 1. The highest BCUT2D eigenvalue weighted by Crippen LogP contribution is 2.28. The normalized spacial score (nSPS) is 11.1. The average Bonchev–Trinajstić information content (AvgIpc) is 3.02. The van der Waals surface area contributed by atoms with Crippen LogP contribution in [-0.2, 0) is 10.0 Å². The molecule has 28 heavy (non-hydrogen) atoms. The lowest BCUT2D eigenvalue weighted by atomic mass is 10.3. The number of rotatable bonds is 6. The SMILES string of the molecule is COc1ccccc1NC(=O)c1sc(NS(=O)(=O)c2ccc(Cl)cc2)nc1C. The van der Waals surface area contributed by atoms with E-state index < -0.39 is 15.9 Å². The number of hydrogen-bond acceptors (Lipinski definition) is 6. The van der Waals surface area contributed by atoms with E-state index in [1.165, 1.54) is 31.4 Å². The third-order valence-electron chi connectivity index (χ3n) is 3.70. The Bertz CT molecular complexity index is 1110. The van der Waals surface area contributed by atoms with Crippen molar-refractivity contribution in [2.45, 2.75) is 11.8 Å². The van der Waals surface area contributed by atoms with Crippen molar-refractivity contribution in [3.8, 4) is 5.75 Å². The minimum atomic E-state index is -3.84. The van der Waals surface area contributed by atoms with Crippen LogP contribution in [0.3, 0.4) is 0 Å². The molecule has 0 bridgehead atoms. The first kappa shape index (κ1) is 20.1. The van der Waals surface area contributed by atoms with Crippen LogP contribution in [0.5, 0.6) is 5.75 Å². The molecule has 0 fully saturated rings. The van der Waals surface area contributed by atoms with Crippen LogP contribution in [0.1, 0.15) is 15.4 Å². The number of carbonyl (C=O) groups excluding carboxylic acids is 1. The molecule has 3 aromatic rings. The molecule has 146 valence electrons. The van der Waals surface area contributed by atoms with E-state index in [9.17, 15) is 13.2 Å². The average molecular weight is 438 g/mol. The van der Waals surface area contributed by atoms with Gasteiger partial charge in [-0.25, -0.2) is 13.4 Å². The lowest BCUT2D eigenvalue weighted by Crippen LogP contribution is -2.12. The first-order chi connectivity index (χ1) is 13.3. The van der Waals surface area contributed by atoms with Gasteiger partial charge in [-0.15, -0.1) is 0 Å². The van der Waals surface area contributed by atoms with Gasteiger partial charge in [0.05, 0.1) is 23.4 Å². The number of para-hydroxylation sites is 2. The summed E-state index contributed by atoms with van der Waals surface area (Å²) in [5, 5.41) is 3.27. The number of nitrogens with one attached hydrogen (secondary N) is 2. The fourth-order valence-electron chi connectivity index (χ4n) is 2.37. The molecule has 2 N–H and O–H groups in total. The number of nitrogens with zero attached hydrogens (tertiary/aromatic N) is 1. The molecule has 1 heterocycles. The second kappa shape index (κ2) is 8.17. The molecule has 2 aromatic carbocycles. The zero-order valence-electron chi connectivity index (χ0n) is 14.9. The Morgan fingerprint density at radius 3 is 2.50 bits per heavy atom. The second-order valence-corrected chi connectivity index (χ2v) is 8.77. The van der Waals surface area contributed by atoms with Crippen LogP contribution in [0.15, 0.2) is 53.4 Å². The van der Waals surface area contributed by atoms with E-state index in [1.807, 2.05) is 0 Å². The van der Waals surface area contributed by atoms with Gasteiger partial charge in [0.1, 0.15) is 10.6 Å². The molecule has 0 radical (unpaired) electrons. The molecule has 0 aliphatic heterocycles. The van der Waals surface area contributed by atoms with E-state index in [0.717, 1.165) is 11.3 Å². The summed E-state index contributed by atoms with van der Waals surface area (Å²) in [6, 6.07) is 12.7. The van der Waals surface area contributed by atoms with Crippen LogP contribution in [0.25, 0.3) is 0 Å². The first-order valence-corrected chi connectivity index (χ1v) is 10.7. The summed E-state index contributed by atoms with van der Waals surface area (Å²) >= 11 is 6.73. The maximum Gasteiger partial charge on any atom is 0.267 e. The number of anilines is 2. The molecule has 1 aromatic heterocycles. The Balaban J connectivity index is 1.81. The number of halogens is 1. The second-order valence-electron chi connectivity index (χ2n) is 5.65. The zero-order valence-corrected chi connectivity index (χ0v) is 17.3. The highest BCUT2D eigenvalue weighted by molar-refractivity contribution is 7.93. The maximum atomic E-state index is 12.6. The van der Waals surface area contributed by atoms with Crippen molar-refractivity contribution in [1.82, 2.24) is 4.98 Å². The van der Waals surface area contributed by atoms with Gasteiger partial charge in [0, 0.05) is 5.02 Å². The van der Waals surface area contributed by atoms with Crippen molar-refractivity contribution in [2.24, 2.45) is 0 Å². The summed E-state index contributed by atoms with van der Waals surface area (Å²) in [5.41, 5.74) is 0.914. The Morgan fingerprint density at radius 2 is 1.82 bits per heavy atom. The van der Waals surface area contributed by atoms with Gasteiger partial charge in [-0.05, 0) is 43.3 Å². The van der Waals surface area contributed by atoms with Gasteiger partial charge in [0.2, 0.25) is 0 Å². The molecule has 3 rings (SSSR count). The zero-order chi connectivity index (χ0) is 20.3. The number of carbonyl (C=O) groups is 1. The number of thiazole rings is 1. The summed E-state index contributed by atoms with van der Waals surface area (Å²) in [4.78, 5) is 17.1. The molecule has 0 spiro atoms. The van der Waals surface area contributed by atoms with Gasteiger partial charge in [-0.3, -0.25) is 9.52 Å². The molecule has 10 heteroatoms. The Labute approximate surface area is 171 Å². The number of ether oxygens (including phenoxy) is 1. The molecule has 0 unspecified atom stereocenters. The largest absolute Gasteiger partial charge is 0.495 e. The van der Waals surface area contributed by atoms with Crippen molar-refractivity contribution in [3.63, 3.8) is 0 Å². The van der Waals surface area contributed by atoms with E-state index in [2.05, 4.69) is 15.0 Å². The summed E-state index contributed by atoms with van der Waals surface area (Å²) in [7, 11) is -2.33.